The monoisotopic (exact) mass is 259 g/mol. The van der Waals surface area contributed by atoms with Crippen molar-refractivity contribution in [3.05, 3.63) is 29.6 Å². The summed E-state index contributed by atoms with van der Waals surface area (Å²) in [6, 6.07) is 4.25. The summed E-state index contributed by atoms with van der Waals surface area (Å²) in [6.07, 6.45) is 4.88. The fraction of sp³-hybridized carbons (Fsp3) is 0.600. The van der Waals surface area contributed by atoms with Crippen LogP contribution in [0, 0.1) is 24.7 Å². The van der Waals surface area contributed by atoms with E-state index in [1.807, 2.05) is 19.1 Å². The van der Waals surface area contributed by atoms with Crippen LogP contribution < -0.4 is 11.1 Å². The summed E-state index contributed by atoms with van der Waals surface area (Å²) in [7, 11) is 0. The zero-order chi connectivity index (χ0) is 13.4. The largest absolute Gasteiger partial charge is 0.352 e. The zero-order valence-electron chi connectivity index (χ0n) is 11.3. The number of pyridine rings is 1. The maximum absolute atomic E-state index is 12.2. The van der Waals surface area contributed by atoms with Gasteiger partial charge in [-0.2, -0.15) is 0 Å². The highest BCUT2D eigenvalue weighted by atomic mass is 16.1. The molecule has 1 aromatic rings. The molecule has 0 spiro atoms. The zero-order valence-corrected chi connectivity index (χ0v) is 11.3. The molecule has 0 saturated heterocycles. The van der Waals surface area contributed by atoms with Gasteiger partial charge in [-0.05, 0) is 49.7 Å². The Bertz CT molecular complexity index is 488. The number of amides is 1. The van der Waals surface area contributed by atoms with E-state index < -0.39 is 0 Å². The molecule has 4 unspecified atom stereocenters. The molecule has 4 heteroatoms. The van der Waals surface area contributed by atoms with Crippen LogP contribution in [0.4, 0.5) is 0 Å². The van der Waals surface area contributed by atoms with Crippen molar-refractivity contribution < 1.29 is 4.79 Å². The predicted octanol–water partition coefficient (Wildman–Crippen LogP) is 1.38. The number of aryl methyl sites for hydroxylation is 1. The quantitative estimate of drug-likeness (QED) is 0.861. The molecule has 0 aliphatic heterocycles. The molecule has 4 nitrogen and oxygen atoms in total. The molecule has 1 heterocycles. The van der Waals surface area contributed by atoms with Crippen molar-refractivity contribution in [3.63, 3.8) is 0 Å². The maximum Gasteiger partial charge on any atom is 0.223 e. The lowest BCUT2D eigenvalue weighted by atomic mass is 9.72. The molecule has 102 valence electrons. The first kappa shape index (κ1) is 12.6. The van der Waals surface area contributed by atoms with E-state index in [-0.39, 0.29) is 11.8 Å². The molecule has 19 heavy (non-hydrogen) atoms. The molecule has 1 amide bonds. The third kappa shape index (κ3) is 2.37. The number of rotatable bonds is 3. The van der Waals surface area contributed by atoms with Crippen LogP contribution in [-0.2, 0) is 11.3 Å². The number of hydrogen-bond donors (Lipinski definition) is 2. The van der Waals surface area contributed by atoms with Crippen LogP contribution in [0.5, 0.6) is 0 Å². The predicted molar refractivity (Wildman–Crippen MR) is 73.1 cm³/mol. The summed E-state index contributed by atoms with van der Waals surface area (Å²) in [5, 5.41) is 3.05. The molecule has 2 aliphatic rings. The number of nitrogens with zero attached hydrogens (tertiary/aromatic N) is 1. The highest BCUT2D eigenvalue weighted by molar-refractivity contribution is 5.79. The van der Waals surface area contributed by atoms with Crippen molar-refractivity contribution in [2.45, 2.75) is 38.8 Å². The van der Waals surface area contributed by atoms with Gasteiger partial charge in [0.1, 0.15) is 0 Å². The van der Waals surface area contributed by atoms with E-state index in [2.05, 4.69) is 10.3 Å². The summed E-state index contributed by atoms with van der Waals surface area (Å²) in [5.74, 6) is 1.65. The van der Waals surface area contributed by atoms with Crippen molar-refractivity contribution in [1.82, 2.24) is 10.3 Å². The Morgan fingerprint density at radius 1 is 1.47 bits per heavy atom. The topological polar surface area (TPSA) is 68.0 Å². The van der Waals surface area contributed by atoms with Crippen LogP contribution in [0.25, 0.3) is 0 Å². The minimum Gasteiger partial charge on any atom is -0.352 e. The second kappa shape index (κ2) is 4.93. The maximum atomic E-state index is 12.2. The van der Waals surface area contributed by atoms with Crippen LogP contribution in [0.1, 0.15) is 30.5 Å². The summed E-state index contributed by atoms with van der Waals surface area (Å²) < 4.78 is 0. The summed E-state index contributed by atoms with van der Waals surface area (Å²) in [6.45, 7) is 2.55. The van der Waals surface area contributed by atoms with Gasteiger partial charge >= 0.3 is 0 Å². The molecule has 2 fully saturated rings. The SMILES string of the molecule is Cc1ncccc1CNC(=O)C1CC2CC(N)C2C1. The minimum atomic E-state index is 0.167. The second-order valence-corrected chi connectivity index (χ2v) is 5.96. The number of nitrogens with two attached hydrogens (primary N) is 1. The van der Waals surface area contributed by atoms with Gasteiger partial charge in [0.2, 0.25) is 5.91 Å². The van der Waals surface area contributed by atoms with Gasteiger partial charge in [-0.1, -0.05) is 6.07 Å². The van der Waals surface area contributed by atoms with Gasteiger partial charge < -0.3 is 11.1 Å². The number of aromatic nitrogens is 1. The van der Waals surface area contributed by atoms with Gasteiger partial charge in [0.15, 0.2) is 0 Å². The van der Waals surface area contributed by atoms with Gasteiger partial charge in [-0.3, -0.25) is 9.78 Å². The lowest BCUT2D eigenvalue weighted by molar-refractivity contribution is -0.125. The van der Waals surface area contributed by atoms with Crippen LogP contribution in [-0.4, -0.2) is 16.9 Å². The van der Waals surface area contributed by atoms with Gasteiger partial charge in [0, 0.05) is 30.4 Å². The second-order valence-electron chi connectivity index (χ2n) is 5.96. The number of carbonyl (C=O) groups is 1. The van der Waals surface area contributed by atoms with Gasteiger partial charge in [0.05, 0.1) is 0 Å². The van der Waals surface area contributed by atoms with Crippen molar-refractivity contribution >= 4 is 5.91 Å². The van der Waals surface area contributed by atoms with Crippen molar-refractivity contribution in [1.29, 1.82) is 0 Å². The average Bonchev–Trinajstić information content (AvgIpc) is 2.75. The fourth-order valence-electron chi connectivity index (χ4n) is 3.53. The molecule has 0 bridgehead atoms. The first-order valence-corrected chi connectivity index (χ1v) is 7.09. The minimum absolute atomic E-state index is 0.167. The summed E-state index contributed by atoms with van der Waals surface area (Å²) in [5.41, 5.74) is 8.04. The van der Waals surface area contributed by atoms with Crippen LogP contribution in [0.2, 0.25) is 0 Å². The standard InChI is InChI=1S/C15H21N3O/c1-9-10(3-2-4-17-9)8-18-15(19)12-5-11-7-14(16)13(11)6-12/h2-4,11-14H,5-8,16H2,1H3,(H,18,19). The third-order valence-corrected chi connectivity index (χ3v) is 4.81. The first-order valence-electron chi connectivity index (χ1n) is 7.09. The van der Waals surface area contributed by atoms with Crippen molar-refractivity contribution in [2.75, 3.05) is 0 Å². The van der Waals surface area contributed by atoms with Crippen LogP contribution in [0.3, 0.4) is 0 Å². The normalized spacial score (nSPS) is 32.5. The van der Waals surface area contributed by atoms with E-state index in [0.717, 1.165) is 30.5 Å². The van der Waals surface area contributed by atoms with E-state index in [1.54, 1.807) is 6.20 Å². The Hall–Kier alpha value is -1.42. The summed E-state index contributed by atoms with van der Waals surface area (Å²) in [4.78, 5) is 16.4. The van der Waals surface area contributed by atoms with E-state index in [1.165, 1.54) is 0 Å². The molecule has 4 atom stereocenters. The first-order chi connectivity index (χ1) is 9.15. The van der Waals surface area contributed by atoms with Gasteiger partial charge in [0.25, 0.3) is 0 Å². The molecule has 0 radical (unpaired) electrons. The van der Waals surface area contributed by atoms with Crippen LogP contribution in [0.15, 0.2) is 18.3 Å². The Morgan fingerprint density at radius 3 is 3.00 bits per heavy atom. The number of carbonyl (C=O) groups excluding carboxylic acids is 1. The van der Waals surface area contributed by atoms with E-state index in [0.29, 0.717) is 24.4 Å². The molecule has 3 rings (SSSR count). The lowest BCUT2D eigenvalue weighted by Gasteiger charge is -2.37. The highest BCUT2D eigenvalue weighted by Crippen LogP contribution is 2.48. The van der Waals surface area contributed by atoms with E-state index in [9.17, 15) is 4.79 Å². The van der Waals surface area contributed by atoms with E-state index >= 15 is 0 Å². The van der Waals surface area contributed by atoms with Crippen LogP contribution >= 0.6 is 0 Å². The number of hydrogen-bond acceptors (Lipinski definition) is 3. The Morgan fingerprint density at radius 2 is 2.32 bits per heavy atom. The molecule has 2 aliphatic carbocycles. The number of nitrogens with one attached hydrogen (secondary N) is 1. The Labute approximate surface area is 113 Å². The Balaban J connectivity index is 1.54. The van der Waals surface area contributed by atoms with Gasteiger partial charge in [-0.15, -0.1) is 0 Å². The molecule has 1 aromatic heterocycles. The smallest absolute Gasteiger partial charge is 0.223 e. The molecule has 2 saturated carbocycles. The summed E-state index contributed by atoms with van der Waals surface area (Å²) >= 11 is 0. The Kier molecular flexibility index (Phi) is 3.27. The average molecular weight is 259 g/mol. The number of fused-ring (bicyclic) bond motifs is 1. The molecular weight excluding hydrogens is 238 g/mol. The van der Waals surface area contributed by atoms with Crippen molar-refractivity contribution in [2.24, 2.45) is 23.5 Å². The fourth-order valence-corrected chi connectivity index (χ4v) is 3.53. The highest BCUT2D eigenvalue weighted by Gasteiger charge is 2.47. The molecule has 0 aromatic carbocycles. The van der Waals surface area contributed by atoms with Gasteiger partial charge in [-0.25, -0.2) is 0 Å². The van der Waals surface area contributed by atoms with E-state index in [4.69, 9.17) is 5.73 Å². The molecular formula is C15H21N3O. The molecule has 3 N–H and O–H groups in total. The lowest BCUT2D eigenvalue weighted by Crippen LogP contribution is -2.44. The van der Waals surface area contributed by atoms with Crippen molar-refractivity contribution in [3.8, 4) is 0 Å². The third-order valence-electron chi connectivity index (χ3n) is 4.81.